The highest BCUT2D eigenvalue weighted by atomic mass is 19.1. The topological polar surface area (TPSA) is 54.0 Å². The van der Waals surface area contributed by atoms with Crippen molar-refractivity contribution in [1.29, 1.82) is 5.26 Å². The smallest absolute Gasteiger partial charge is 0.228 e. The Morgan fingerprint density at radius 3 is 2.81 bits per heavy atom. The fourth-order valence-corrected chi connectivity index (χ4v) is 2.28. The van der Waals surface area contributed by atoms with Crippen LogP contribution in [0.15, 0.2) is 46.9 Å². The molecule has 0 saturated carbocycles. The molecule has 0 bridgehead atoms. The van der Waals surface area contributed by atoms with Gasteiger partial charge in [0.1, 0.15) is 11.4 Å². The van der Waals surface area contributed by atoms with E-state index in [2.05, 4.69) is 0 Å². The van der Waals surface area contributed by atoms with Crippen molar-refractivity contribution in [2.45, 2.75) is 6.92 Å². The summed E-state index contributed by atoms with van der Waals surface area (Å²) in [4.78, 5) is 12.5. The van der Waals surface area contributed by atoms with Crippen LogP contribution < -0.4 is 0 Å². The number of aryl methyl sites for hydroxylation is 1. The molecule has 0 atom stereocenters. The van der Waals surface area contributed by atoms with Crippen molar-refractivity contribution in [2.24, 2.45) is 0 Å². The van der Waals surface area contributed by atoms with Crippen LogP contribution in [-0.2, 0) is 0 Å². The third-order valence-electron chi connectivity index (χ3n) is 3.36. The van der Waals surface area contributed by atoms with Gasteiger partial charge < -0.3 is 4.42 Å². The number of rotatable bonds is 2. The number of hydrogen-bond donors (Lipinski definition) is 0. The molecule has 0 saturated heterocycles. The SMILES string of the molecule is Cc1c(C(=O)c2cccc(C#N)c2)oc2cc(F)ccc12. The summed E-state index contributed by atoms with van der Waals surface area (Å²) < 4.78 is 18.7. The lowest BCUT2D eigenvalue weighted by atomic mass is 10.0. The Bertz CT molecular complexity index is 903. The van der Waals surface area contributed by atoms with Crippen LogP contribution in [0.25, 0.3) is 11.0 Å². The molecule has 4 heteroatoms. The number of nitrogens with zero attached hydrogens (tertiary/aromatic N) is 1. The average molecular weight is 279 g/mol. The monoisotopic (exact) mass is 279 g/mol. The Morgan fingerprint density at radius 2 is 2.05 bits per heavy atom. The highest BCUT2D eigenvalue weighted by Crippen LogP contribution is 2.27. The van der Waals surface area contributed by atoms with Crippen LogP contribution in [0.1, 0.15) is 27.2 Å². The fourth-order valence-electron chi connectivity index (χ4n) is 2.28. The van der Waals surface area contributed by atoms with Gasteiger partial charge in [-0.25, -0.2) is 4.39 Å². The van der Waals surface area contributed by atoms with E-state index in [0.717, 1.165) is 0 Å². The van der Waals surface area contributed by atoms with Crippen LogP contribution in [0, 0.1) is 24.1 Å². The maximum absolute atomic E-state index is 13.2. The molecule has 0 aliphatic carbocycles. The lowest BCUT2D eigenvalue weighted by molar-refractivity contribution is 0.101. The second-order valence-electron chi connectivity index (χ2n) is 4.72. The predicted octanol–water partition coefficient (Wildman–Crippen LogP) is 3.98. The molecule has 2 aromatic carbocycles. The van der Waals surface area contributed by atoms with E-state index in [1.807, 2.05) is 6.07 Å². The standard InChI is InChI=1S/C17H10FNO2/c1-10-14-6-5-13(18)8-15(14)21-17(10)16(20)12-4-2-3-11(7-12)9-19/h2-8H,1H3. The Hall–Kier alpha value is -2.93. The number of furan rings is 1. The minimum absolute atomic E-state index is 0.172. The van der Waals surface area contributed by atoms with Crippen molar-refractivity contribution >= 4 is 16.8 Å². The van der Waals surface area contributed by atoms with Gasteiger partial charge in [-0.05, 0) is 31.2 Å². The van der Waals surface area contributed by atoms with Gasteiger partial charge in [0.25, 0.3) is 0 Å². The van der Waals surface area contributed by atoms with E-state index in [0.29, 0.717) is 27.7 Å². The van der Waals surface area contributed by atoms with Gasteiger partial charge in [-0.15, -0.1) is 0 Å². The lowest BCUT2D eigenvalue weighted by Crippen LogP contribution is -2.01. The zero-order valence-corrected chi connectivity index (χ0v) is 11.2. The highest BCUT2D eigenvalue weighted by Gasteiger charge is 2.19. The summed E-state index contributed by atoms with van der Waals surface area (Å²) in [7, 11) is 0. The number of carbonyl (C=O) groups excluding carboxylic acids is 1. The maximum atomic E-state index is 13.2. The number of halogens is 1. The Morgan fingerprint density at radius 1 is 1.24 bits per heavy atom. The van der Waals surface area contributed by atoms with Gasteiger partial charge in [-0.1, -0.05) is 12.1 Å². The number of ketones is 1. The van der Waals surface area contributed by atoms with E-state index in [1.54, 1.807) is 31.2 Å². The van der Waals surface area contributed by atoms with Gasteiger partial charge in [0, 0.05) is 22.6 Å². The van der Waals surface area contributed by atoms with Crippen molar-refractivity contribution < 1.29 is 13.6 Å². The molecule has 0 spiro atoms. The van der Waals surface area contributed by atoms with Gasteiger partial charge in [-0.3, -0.25) is 4.79 Å². The lowest BCUT2D eigenvalue weighted by Gasteiger charge is -1.99. The molecular formula is C17H10FNO2. The van der Waals surface area contributed by atoms with Gasteiger partial charge in [-0.2, -0.15) is 5.26 Å². The van der Waals surface area contributed by atoms with E-state index < -0.39 is 5.82 Å². The number of nitriles is 1. The molecule has 3 nitrogen and oxygen atoms in total. The summed E-state index contributed by atoms with van der Waals surface area (Å²) >= 11 is 0. The molecule has 0 aliphatic heterocycles. The molecule has 0 N–H and O–H groups in total. The van der Waals surface area contributed by atoms with E-state index in [-0.39, 0.29) is 11.5 Å². The molecule has 0 aliphatic rings. The van der Waals surface area contributed by atoms with Crippen molar-refractivity contribution in [3.05, 3.63) is 70.7 Å². The summed E-state index contributed by atoms with van der Waals surface area (Å²) in [6.45, 7) is 1.76. The number of benzene rings is 2. The zero-order valence-electron chi connectivity index (χ0n) is 11.2. The Kier molecular flexibility index (Phi) is 3.03. The molecule has 102 valence electrons. The van der Waals surface area contributed by atoms with Crippen LogP contribution >= 0.6 is 0 Å². The molecule has 3 aromatic rings. The molecule has 1 heterocycles. The first-order valence-corrected chi connectivity index (χ1v) is 6.33. The van der Waals surface area contributed by atoms with Gasteiger partial charge in [0.2, 0.25) is 5.78 Å². The number of hydrogen-bond acceptors (Lipinski definition) is 3. The van der Waals surface area contributed by atoms with Crippen LogP contribution in [0.3, 0.4) is 0 Å². The predicted molar refractivity (Wildman–Crippen MR) is 75.5 cm³/mol. The maximum Gasteiger partial charge on any atom is 0.228 e. The fraction of sp³-hybridized carbons (Fsp3) is 0.0588. The van der Waals surface area contributed by atoms with E-state index in [9.17, 15) is 9.18 Å². The normalized spacial score (nSPS) is 10.5. The zero-order chi connectivity index (χ0) is 15.0. The molecule has 0 radical (unpaired) electrons. The Balaban J connectivity index is 2.13. The molecular weight excluding hydrogens is 269 g/mol. The van der Waals surface area contributed by atoms with Gasteiger partial charge >= 0.3 is 0 Å². The van der Waals surface area contributed by atoms with Crippen molar-refractivity contribution in [3.63, 3.8) is 0 Å². The third kappa shape index (κ3) is 2.19. The van der Waals surface area contributed by atoms with Gasteiger partial charge in [0.05, 0.1) is 11.6 Å². The molecule has 3 rings (SSSR count). The molecule has 21 heavy (non-hydrogen) atoms. The molecule has 0 fully saturated rings. The first-order chi connectivity index (χ1) is 10.1. The second kappa shape index (κ2) is 4.88. The minimum Gasteiger partial charge on any atom is -0.452 e. The van der Waals surface area contributed by atoms with Crippen LogP contribution in [-0.4, -0.2) is 5.78 Å². The second-order valence-corrected chi connectivity index (χ2v) is 4.72. The average Bonchev–Trinajstić information content (AvgIpc) is 2.83. The van der Waals surface area contributed by atoms with Crippen molar-refractivity contribution in [2.75, 3.05) is 0 Å². The van der Waals surface area contributed by atoms with E-state index >= 15 is 0 Å². The van der Waals surface area contributed by atoms with Crippen LogP contribution in [0.5, 0.6) is 0 Å². The van der Waals surface area contributed by atoms with Crippen molar-refractivity contribution in [3.8, 4) is 6.07 Å². The van der Waals surface area contributed by atoms with Crippen LogP contribution in [0.2, 0.25) is 0 Å². The number of carbonyl (C=O) groups is 1. The summed E-state index contributed by atoms with van der Waals surface area (Å²) in [5.41, 5.74) is 1.78. The summed E-state index contributed by atoms with van der Waals surface area (Å²) in [6, 6.07) is 12.6. The third-order valence-corrected chi connectivity index (χ3v) is 3.36. The van der Waals surface area contributed by atoms with E-state index in [4.69, 9.17) is 9.68 Å². The van der Waals surface area contributed by atoms with E-state index in [1.165, 1.54) is 18.2 Å². The molecule has 0 unspecified atom stereocenters. The molecule has 1 aromatic heterocycles. The van der Waals surface area contributed by atoms with Crippen LogP contribution in [0.4, 0.5) is 4.39 Å². The first-order valence-electron chi connectivity index (χ1n) is 6.33. The minimum atomic E-state index is -0.415. The summed E-state index contributed by atoms with van der Waals surface area (Å²) in [6.07, 6.45) is 0. The van der Waals surface area contributed by atoms with Gasteiger partial charge in [0.15, 0.2) is 5.76 Å². The highest BCUT2D eigenvalue weighted by molar-refractivity contribution is 6.10. The summed E-state index contributed by atoms with van der Waals surface area (Å²) in [5, 5.41) is 9.59. The first kappa shape index (κ1) is 13.1. The number of fused-ring (bicyclic) bond motifs is 1. The van der Waals surface area contributed by atoms with Crippen molar-refractivity contribution in [1.82, 2.24) is 0 Å². The molecule has 0 amide bonds. The largest absolute Gasteiger partial charge is 0.452 e. The quantitative estimate of drug-likeness (QED) is 0.667. The summed E-state index contributed by atoms with van der Waals surface area (Å²) in [5.74, 6) is -0.561. The Labute approximate surface area is 120 Å².